The normalized spacial score (nSPS) is 29.5. The lowest BCUT2D eigenvalue weighted by Crippen LogP contribution is -2.62. The lowest BCUT2D eigenvalue weighted by atomic mass is 9.92. The number of ether oxygens (including phenoxy) is 9. The van der Waals surface area contributed by atoms with E-state index in [4.69, 9.17) is 42.6 Å². The Kier molecular flexibility index (Phi) is 13.6. The molecule has 0 amide bonds. The molecule has 10 atom stereocenters. The van der Waals surface area contributed by atoms with Crippen LogP contribution in [0.15, 0.2) is 6.20 Å². The summed E-state index contributed by atoms with van der Waals surface area (Å²) >= 11 is 0. The minimum absolute atomic E-state index is 0.0000947. The van der Waals surface area contributed by atoms with Crippen LogP contribution in [0.1, 0.15) is 73.6 Å². The topological polar surface area (TPSA) is 233 Å². The van der Waals surface area contributed by atoms with Gasteiger partial charge in [0, 0.05) is 54.9 Å². The Morgan fingerprint density at radius 2 is 1.06 bits per heavy atom. The van der Waals surface area contributed by atoms with E-state index in [2.05, 4.69) is 10.3 Å². The van der Waals surface area contributed by atoms with Gasteiger partial charge in [0.1, 0.15) is 24.0 Å². The fourth-order valence-electron chi connectivity index (χ4n) is 5.65. The van der Waals surface area contributed by atoms with Gasteiger partial charge in [0.2, 0.25) is 0 Å². The molecule has 19 heteroatoms. The van der Waals surface area contributed by atoms with Gasteiger partial charge in [-0.05, 0) is 6.92 Å². The number of carbonyl (C=O) groups is 7. The summed E-state index contributed by atoms with van der Waals surface area (Å²) in [7, 11) is 0. The van der Waals surface area contributed by atoms with Gasteiger partial charge in [-0.3, -0.25) is 33.6 Å². The predicted molar refractivity (Wildman–Crippen MR) is 157 cm³/mol. The molecule has 272 valence electrons. The van der Waals surface area contributed by atoms with Crippen LogP contribution in [-0.2, 0) is 82.7 Å². The zero-order valence-electron chi connectivity index (χ0n) is 28.3. The van der Waals surface area contributed by atoms with E-state index in [0.717, 1.165) is 41.5 Å². The SMILES string of the molecule is CC(=O)OCC[C@H]1O[C@H](Cn2cc([C@H]3O[C@H](C)[C@@H](OC(C)=O)[C@H](OC(C)=O)[C@@H]3OC(C)=O)nn2)[C@@H](OC(C)=O)[C@H](OC(C)=O)[C@@H]1OC(C)=O. The third kappa shape index (κ3) is 10.9. The van der Waals surface area contributed by atoms with E-state index in [-0.39, 0.29) is 25.3 Å². The molecule has 2 saturated heterocycles. The van der Waals surface area contributed by atoms with Crippen molar-refractivity contribution in [3.63, 3.8) is 0 Å². The summed E-state index contributed by atoms with van der Waals surface area (Å²) in [6.07, 6.45) is -10.4. The maximum absolute atomic E-state index is 12.2. The van der Waals surface area contributed by atoms with Crippen LogP contribution in [0, 0.1) is 0 Å². The van der Waals surface area contributed by atoms with Crippen molar-refractivity contribution in [1.82, 2.24) is 15.0 Å². The monoisotopic (exact) mass is 699 g/mol. The van der Waals surface area contributed by atoms with E-state index in [0.29, 0.717) is 0 Å². The lowest BCUT2D eigenvalue weighted by Gasteiger charge is -2.44. The Balaban J connectivity index is 2.00. The molecule has 3 heterocycles. The molecular formula is C30H41N3O16. The Morgan fingerprint density at radius 1 is 0.612 bits per heavy atom. The van der Waals surface area contributed by atoms with Crippen molar-refractivity contribution in [3.05, 3.63) is 11.9 Å². The summed E-state index contributed by atoms with van der Waals surface area (Å²) in [5.74, 6) is -5.01. The molecule has 3 rings (SSSR count). The quantitative estimate of drug-likeness (QED) is 0.207. The van der Waals surface area contributed by atoms with Crippen molar-refractivity contribution in [2.24, 2.45) is 0 Å². The molecule has 2 fully saturated rings. The molecule has 0 aliphatic carbocycles. The van der Waals surface area contributed by atoms with Gasteiger partial charge in [0.15, 0.2) is 36.6 Å². The Bertz CT molecular complexity index is 1400. The third-order valence-electron chi connectivity index (χ3n) is 7.23. The summed E-state index contributed by atoms with van der Waals surface area (Å²) in [4.78, 5) is 84.0. The zero-order chi connectivity index (χ0) is 36.6. The second-order valence-corrected chi connectivity index (χ2v) is 11.4. The first-order chi connectivity index (χ1) is 23.0. The number of rotatable bonds is 12. The van der Waals surface area contributed by atoms with Crippen LogP contribution < -0.4 is 0 Å². The summed E-state index contributed by atoms with van der Waals surface area (Å²) in [6.45, 7) is 9.26. The van der Waals surface area contributed by atoms with Crippen molar-refractivity contribution in [2.45, 2.75) is 129 Å². The van der Waals surface area contributed by atoms with E-state index < -0.39 is 103 Å². The molecule has 1 aromatic heterocycles. The van der Waals surface area contributed by atoms with Gasteiger partial charge in [-0.2, -0.15) is 0 Å². The minimum Gasteiger partial charge on any atom is -0.466 e. The van der Waals surface area contributed by atoms with E-state index in [1.54, 1.807) is 6.92 Å². The molecule has 0 N–H and O–H groups in total. The fourth-order valence-corrected chi connectivity index (χ4v) is 5.65. The molecule has 19 nitrogen and oxygen atoms in total. The second-order valence-electron chi connectivity index (χ2n) is 11.4. The first kappa shape index (κ1) is 38.8. The van der Waals surface area contributed by atoms with Crippen LogP contribution in [0.25, 0.3) is 0 Å². The summed E-state index contributed by atoms with van der Waals surface area (Å²) in [5, 5.41) is 8.29. The van der Waals surface area contributed by atoms with Crippen LogP contribution in [0.2, 0.25) is 0 Å². The lowest BCUT2D eigenvalue weighted by molar-refractivity contribution is -0.251. The van der Waals surface area contributed by atoms with Gasteiger partial charge >= 0.3 is 41.8 Å². The standard InChI is InChI=1S/C30H41N3O16/c1-13-24(43-15(3)35)28(46-18(6)38)29(47-19(7)39)25(42-13)21-11-33(32-31-21)12-23-27(45-17(5)37)30(48-20(8)40)26(44-16(4)36)22(49-23)9-10-41-14(2)34/h11,13,22-30H,9-10,12H2,1-8H3/t13-,22-,23-,24-,25-,26-,27-,28+,29-,30-/m1/s1. The molecule has 0 saturated carbocycles. The molecule has 0 aromatic carbocycles. The highest BCUT2D eigenvalue weighted by Gasteiger charge is 2.53. The number of esters is 7. The molecule has 0 bridgehead atoms. The maximum Gasteiger partial charge on any atom is 0.303 e. The molecule has 2 aliphatic rings. The minimum atomic E-state index is -1.34. The third-order valence-corrected chi connectivity index (χ3v) is 7.23. The number of hydrogen-bond acceptors (Lipinski definition) is 18. The molecular weight excluding hydrogens is 658 g/mol. The number of hydrogen-bond donors (Lipinski definition) is 0. The van der Waals surface area contributed by atoms with Gasteiger partial charge in [0.05, 0.1) is 25.5 Å². The van der Waals surface area contributed by atoms with Crippen molar-refractivity contribution in [2.75, 3.05) is 6.61 Å². The first-order valence-electron chi connectivity index (χ1n) is 15.3. The highest BCUT2D eigenvalue weighted by Crippen LogP contribution is 2.37. The average molecular weight is 700 g/mol. The Hall–Kier alpha value is -4.65. The summed E-state index contributed by atoms with van der Waals surface area (Å²) in [6, 6.07) is 0. The van der Waals surface area contributed by atoms with E-state index in [1.807, 2.05) is 0 Å². The fraction of sp³-hybridized carbons (Fsp3) is 0.700. The van der Waals surface area contributed by atoms with Gasteiger partial charge in [0.25, 0.3) is 0 Å². The Labute approximate surface area is 281 Å². The Morgan fingerprint density at radius 3 is 1.57 bits per heavy atom. The van der Waals surface area contributed by atoms with Gasteiger partial charge in [-0.25, -0.2) is 4.68 Å². The highest BCUT2D eigenvalue weighted by atomic mass is 16.7. The average Bonchev–Trinajstić information content (AvgIpc) is 3.42. The molecule has 2 aliphatic heterocycles. The zero-order valence-corrected chi connectivity index (χ0v) is 28.3. The van der Waals surface area contributed by atoms with Crippen LogP contribution in [0.3, 0.4) is 0 Å². The van der Waals surface area contributed by atoms with Crippen molar-refractivity contribution in [3.8, 4) is 0 Å². The van der Waals surface area contributed by atoms with Gasteiger partial charge < -0.3 is 42.6 Å². The van der Waals surface area contributed by atoms with Crippen LogP contribution in [-0.4, -0.2) is 118 Å². The van der Waals surface area contributed by atoms with Crippen molar-refractivity contribution < 1.29 is 76.2 Å². The maximum atomic E-state index is 12.2. The first-order valence-corrected chi connectivity index (χ1v) is 15.3. The van der Waals surface area contributed by atoms with Crippen molar-refractivity contribution in [1.29, 1.82) is 0 Å². The molecule has 1 aromatic rings. The smallest absolute Gasteiger partial charge is 0.303 e. The van der Waals surface area contributed by atoms with Crippen LogP contribution >= 0.6 is 0 Å². The number of carbonyl (C=O) groups excluding carboxylic acids is 7. The van der Waals surface area contributed by atoms with E-state index in [1.165, 1.54) is 17.8 Å². The van der Waals surface area contributed by atoms with E-state index >= 15 is 0 Å². The summed E-state index contributed by atoms with van der Waals surface area (Å²) < 4.78 is 51.5. The van der Waals surface area contributed by atoms with Crippen molar-refractivity contribution >= 4 is 41.8 Å². The predicted octanol–water partition coefficient (Wildman–Crippen LogP) is 0.0487. The number of aromatic nitrogens is 3. The molecule has 0 spiro atoms. The summed E-state index contributed by atoms with van der Waals surface area (Å²) in [5.41, 5.74) is 0.108. The number of nitrogens with zero attached hydrogens (tertiary/aromatic N) is 3. The van der Waals surface area contributed by atoms with Gasteiger partial charge in [-0.1, -0.05) is 5.21 Å². The second kappa shape index (κ2) is 17.1. The van der Waals surface area contributed by atoms with Crippen LogP contribution in [0.4, 0.5) is 0 Å². The highest BCUT2D eigenvalue weighted by molar-refractivity contribution is 5.69. The molecule has 0 unspecified atom stereocenters. The largest absolute Gasteiger partial charge is 0.466 e. The van der Waals surface area contributed by atoms with Gasteiger partial charge in [-0.15, -0.1) is 5.10 Å². The molecule has 0 radical (unpaired) electrons. The van der Waals surface area contributed by atoms with E-state index in [9.17, 15) is 33.6 Å². The molecule has 49 heavy (non-hydrogen) atoms. The van der Waals surface area contributed by atoms with Crippen LogP contribution in [0.5, 0.6) is 0 Å².